The van der Waals surface area contributed by atoms with Crippen molar-refractivity contribution in [3.63, 3.8) is 0 Å². The van der Waals surface area contributed by atoms with Crippen LogP contribution in [-0.4, -0.2) is 28.8 Å². The second-order valence-electron chi connectivity index (χ2n) is 6.90. The highest BCUT2D eigenvalue weighted by Gasteiger charge is 2.29. The van der Waals surface area contributed by atoms with Crippen LogP contribution < -0.4 is 5.32 Å². The van der Waals surface area contributed by atoms with E-state index in [1.54, 1.807) is 24.5 Å². The summed E-state index contributed by atoms with van der Waals surface area (Å²) in [5, 5.41) is 11.8. The smallest absolute Gasteiger partial charge is 0.407 e. The first-order chi connectivity index (χ1) is 14.1. The Morgan fingerprint density at radius 3 is 2.14 bits per heavy atom. The van der Waals surface area contributed by atoms with Crippen molar-refractivity contribution < 1.29 is 19.4 Å². The number of pyridine rings is 1. The molecular weight excluding hydrogens is 368 g/mol. The van der Waals surface area contributed by atoms with Crippen molar-refractivity contribution in [1.82, 2.24) is 10.3 Å². The molecule has 2 aromatic carbocycles. The average molecular weight is 388 g/mol. The molecule has 0 unspecified atom stereocenters. The Hall–Kier alpha value is -3.67. The molecule has 29 heavy (non-hydrogen) atoms. The molecule has 1 aliphatic rings. The summed E-state index contributed by atoms with van der Waals surface area (Å²) in [6.45, 7) is 0.177. The van der Waals surface area contributed by atoms with Gasteiger partial charge in [0.1, 0.15) is 6.61 Å². The number of carbonyl (C=O) groups excluding carboxylic acids is 1. The van der Waals surface area contributed by atoms with E-state index in [2.05, 4.69) is 22.4 Å². The van der Waals surface area contributed by atoms with Gasteiger partial charge in [-0.15, -0.1) is 0 Å². The Kier molecular flexibility index (Phi) is 5.24. The molecule has 146 valence electrons. The van der Waals surface area contributed by atoms with E-state index in [0.717, 1.165) is 22.3 Å². The molecule has 1 aromatic heterocycles. The Morgan fingerprint density at radius 2 is 1.55 bits per heavy atom. The normalized spacial score (nSPS) is 13.2. The molecule has 1 amide bonds. The molecular formula is C23H20N2O4. The fourth-order valence-corrected chi connectivity index (χ4v) is 3.80. The van der Waals surface area contributed by atoms with Gasteiger partial charge in [-0.2, -0.15) is 0 Å². The van der Waals surface area contributed by atoms with Gasteiger partial charge in [0.15, 0.2) is 0 Å². The molecule has 4 rings (SSSR count). The maximum absolute atomic E-state index is 12.4. The molecule has 6 heteroatoms. The van der Waals surface area contributed by atoms with Gasteiger partial charge in [-0.25, -0.2) is 4.79 Å². The molecule has 0 bridgehead atoms. The maximum Gasteiger partial charge on any atom is 0.407 e. The quantitative estimate of drug-likeness (QED) is 0.663. The van der Waals surface area contributed by atoms with Crippen LogP contribution in [0, 0.1) is 0 Å². The van der Waals surface area contributed by atoms with Gasteiger partial charge in [0.05, 0.1) is 12.5 Å². The van der Waals surface area contributed by atoms with Crippen LogP contribution in [0.25, 0.3) is 11.1 Å². The summed E-state index contributed by atoms with van der Waals surface area (Å²) >= 11 is 0. The molecule has 3 aromatic rings. The van der Waals surface area contributed by atoms with E-state index in [-0.39, 0.29) is 18.9 Å². The number of fused-ring (bicyclic) bond motifs is 3. The fourth-order valence-electron chi connectivity index (χ4n) is 3.80. The molecule has 0 spiro atoms. The van der Waals surface area contributed by atoms with E-state index in [1.807, 2.05) is 36.4 Å². The van der Waals surface area contributed by atoms with Gasteiger partial charge in [-0.1, -0.05) is 48.5 Å². The van der Waals surface area contributed by atoms with Crippen molar-refractivity contribution in [2.75, 3.05) is 6.61 Å². The van der Waals surface area contributed by atoms with E-state index < -0.39 is 18.1 Å². The van der Waals surface area contributed by atoms with E-state index in [1.165, 1.54) is 0 Å². The summed E-state index contributed by atoms with van der Waals surface area (Å²) in [5.41, 5.74) is 5.21. The predicted molar refractivity (Wildman–Crippen MR) is 107 cm³/mol. The zero-order valence-corrected chi connectivity index (χ0v) is 15.6. The minimum atomic E-state index is -1.01. The average Bonchev–Trinajstić information content (AvgIpc) is 3.06. The van der Waals surface area contributed by atoms with E-state index in [9.17, 15) is 14.7 Å². The number of ether oxygens (including phenoxy) is 1. The van der Waals surface area contributed by atoms with Crippen molar-refractivity contribution in [3.05, 3.63) is 89.7 Å². The number of alkyl carbamates (subject to hydrolysis) is 1. The number of benzene rings is 2. The first-order valence-corrected chi connectivity index (χ1v) is 9.36. The molecule has 0 saturated carbocycles. The monoisotopic (exact) mass is 388 g/mol. The van der Waals surface area contributed by atoms with Crippen molar-refractivity contribution in [1.29, 1.82) is 0 Å². The summed E-state index contributed by atoms with van der Waals surface area (Å²) in [7, 11) is 0. The highest BCUT2D eigenvalue weighted by Crippen LogP contribution is 2.44. The van der Waals surface area contributed by atoms with Gasteiger partial charge in [-0.05, 0) is 39.9 Å². The van der Waals surface area contributed by atoms with Crippen LogP contribution in [0.2, 0.25) is 0 Å². The number of carbonyl (C=O) groups is 2. The summed E-state index contributed by atoms with van der Waals surface area (Å²) in [5.74, 6) is -1.06. The molecule has 0 fully saturated rings. The topological polar surface area (TPSA) is 88.5 Å². The standard InChI is InChI=1S/C23H20N2O4/c26-22(27)13-21(15-9-11-24-12-10-15)25-23(28)29-14-20-18-7-3-1-5-16(18)17-6-2-4-8-19(17)20/h1-12,20-21H,13-14H2,(H,25,28)(H,26,27)/t21-/m0/s1. The fraction of sp³-hybridized carbons (Fsp3) is 0.174. The van der Waals surface area contributed by atoms with Crippen molar-refractivity contribution in [2.24, 2.45) is 0 Å². The lowest BCUT2D eigenvalue weighted by molar-refractivity contribution is -0.137. The lowest BCUT2D eigenvalue weighted by Gasteiger charge is -2.19. The first kappa shape index (κ1) is 18.7. The number of rotatable bonds is 6. The number of aliphatic carboxylic acids is 1. The highest BCUT2D eigenvalue weighted by molar-refractivity contribution is 5.79. The van der Waals surface area contributed by atoms with Gasteiger partial charge < -0.3 is 15.2 Å². The number of amides is 1. The maximum atomic E-state index is 12.4. The molecule has 0 saturated heterocycles. The Balaban J connectivity index is 1.47. The largest absolute Gasteiger partial charge is 0.481 e. The molecule has 0 radical (unpaired) electrons. The van der Waals surface area contributed by atoms with Gasteiger partial charge in [0, 0.05) is 18.3 Å². The minimum absolute atomic E-state index is 0.0491. The molecule has 6 nitrogen and oxygen atoms in total. The third-order valence-electron chi connectivity index (χ3n) is 5.12. The van der Waals surface area contributed by atoms with Crippen LogP contribution in [0.3, 0.4) is 0 Å². The summed E-state index contributed by atoms with van der Waals surface area (Å²) in [4.78, 5) is 27.6. The number of hydrogen-bond donors (Lipinski definition) is 2. The van der Waals surface area contributed by atoms with Crippen LogP contribution >= 0.6 is 0 Å². The molecule has 2 N–H and O–H groups in total. The zero-order chi connectivity index (χ0) is 20.2. The van der Waals surface area contributed by atoms with E-state index in [4.69, 9.17) is 4.74 Å². The summed E-state index contributed by atoms with van der Waals surface area (Å²) in [6, 6.07) is 18.8. The summed E-state index contributed by atoms with van der Waals surface area (Å²) < 4.78 is 5.51. The molecule has 1 atom stereocenters. The van der Waals surface area contributed by atoms with Crippen molar-refractivity contribution in [2.45, 2.75) is 18.4 Å². The number of carboxylic acid groups (broad SMARTS) is 1. The molecule has 0 aliphatic heterocycles. The Bertz CT molecular complexity index is 990. The van der Waals surface area contributed by atoms with Gasteiger partial charge in [-0.3, -0.25) is 9.78 Å². The van der Waals surface area contributed by atoms with Gasteiger partial charge >= 0.3 is 12.1 Å². The van der Waals surface area contributed by atoms with Crippen molar-refractivity contribution in [3.8, 4) is 11.1 Å². The first-order valence-electron chi connectivity index (χ1n) is 9.36. The second-order valence-corrected chi connectivity index (χ2v) is 6.90. The number of aromatic nitrogens is 1. The Morgan fingerprint density at radius 1 is 0.966 bits per heavy atom. The van der Waals surface area contributed by atoms with Crippen LogP contribution in [0.4, 0.5) is 4.79 Å². The number of hydrogen-bond acceptors (Lipinski definition) is 4. The van der Waals surface area contributed by atoms with Crippen LogP contribution in [0.1, 0.15) is 35.1 Å². The number of nitrogens with zero attached hydrogens (tertiary/aromatic N) is 1. The lowest BCUT2D eigenvalue weighted by atomic mass is 9.98. The summed E-state index contributed by atoms with van der Waals surface area (Å²) in [6.07, 6.45) is 2.23. The lowest BCUT2D eigenvalue weighted by Crippen LogP contribution is -2.31. The third-order valence-corrected chi connectivity index (χ3v) is 5.12. The van der Waals surface area contributed by atoms with Crippen molar-refractivity contribution >= 4 is 12.1 Å². The second kappa shape index (κ2) is 8.14. The zero-order valence-electron chi connectivity index (χ0n) is 15.6. The van der Waals surface area contributed by atoms with Gasteiger partial charge in [0.25, 0.3) is 0 Å². The van der Waals surface area contributed by atoms with Gasteiger partial charge in [0.2, 0.25) is 0 Å². The predicted octanol–water partition coefficient (Wildman–Crippen LogP) is 4.14. The number of nitrogens with one attached hydrogen (secondary N) is 1. The molecule has 1 heterocycles. The third kappa shape index (κ3) is 3.96. The molecule has 1 aliphatic carbocycles. The van der Waals surface area contributed by atoms with Crippen LogP contribution in [-0.2, 0) is 9.53 Å². The Labute approximate surface area is 168 Å². The van der Waals surface area contributed by atoms with E-state index >= 15 is 0 Å². The van der Waals surface area contributed by atoms with E-state index in [0.29, 0.717) is 5.56 Å². The number of carboxylic acids is 1. The van der Waals surface area contributed by atoms with Crippen LogP contribution in [0.15, 0.2) is 73.1 Å². The highest BCUT2D eigenvalue weighted by atomic mass is 16.5. The minimum Gasteiger partial charge on any atom is -0.481 e. The van der Waals surface area contributed by atoms with Crippen LogP contribution in [0.5, 0.6) is 0 Å². The SMILES string of the molecule is O=C(O)C[C@H](NC(=O)OCC1c2ccccc2-c2ccccc21)c1ccncc1.